The predicted molar refractivity (Wildman–Crippen MR) is 117 cm³/mol. The summed E-state index contributed by atoms with van der Waals surface area (Å²) in [5, 5.41) is 14.9. The molecule has 0 aromatic heterocycles. The zero-order valence-electron chi connectivity index (χ0n) is 17.7. The number of rotatable bonds is 10. The molecule has 2 rings (SSSR count). The molecule has 2 aromatic carbocycles. The maximum atomic E-state index is 12.6. The summed E-state index contributed by atoms with van der Waals surface area (Å²) in [6.07, 6.45) is 2.93. The van der Waals surface area contributed by atoms with Crippen LogP contribution in [0.3, 0.4) is 0 Å². The van der Waals surface area contributed by atoms with Gasteiger partial charge in [-0.15, -0.1) is 0 Å². The van der Waals surface area contributed by atoms with E-state index in [1.807, 2.05) is 13.0 Å². The molecule has 0 saturated carbocycles. The van der Waals surface area contributed by atoms with Gasteiger partial charge >= 0.3 is 5.97 Å². The minimum Gasteiger partial charge on any atom is -0.493 e. The second-order valence-electron chi connectivity index (χ2n) is 6.37. The van der Waals surface area contributed by atoms with Gasteiger partial charge in [-0.3, -0.25) is 4.79 Å². The number of nitriles is 1. The predicted octanol–water partition coefficient (Wildman–Crippen LogP) is 4.12. The first-order chi connectivity index (χ1) is 15.0. The van der Waals surface area contributed by atoms with E-state index in [-0.39, 0.29) is 16.8 Å². The van der Waals surface area contributed by atoms with E-state index in [0.29, 0.717) is 23.8 Å². The number of carbonyl (C=O) groups is 2. The molecule has 0 spiro atoms. The van der Waals surface area contributed by atoms with Crippen LogP contribution in [0.25, 0.3) is 0 Å². The molecule has 0 atom stereocenters. The molecule has 0 saturated heterocycles. The van der Waals surface area contributed by atoms with Gasteiger partial charge in [0.1, 0.15) is 11.6 Å². The van der Waals surface area contributed by atoms with Gasteiger partial charge in [0.25, 0.3) is 5.91 Å². The van der Waals surface area contributed by atoms with E-state index < -0.39 is 11.9 Å². The number of methoxy groups -OCH3 is 2. The number of ether oxygens (including phenoxy) is 3. The maximum absolute atomic E-state index is 12.6. The van der Waals surface area contributed by atoms with Crippen LogP contribution in [0.1, 0.15) is 30.1 Å². The summed E-state index contributed by atoms with van der Waals surface area (Å²) in [7, 11) is 3.04. The van der Waals surface area contributed by atoms with E-state index in [1.54, 1.807) is 42.5 Å². The summed E-state index contributed by atoms with van der Waals surface area (Å²) in [4.78, 5) is 24.9. The summed E-state index contributed by atoms with van der Waals surface area (Å²) in [6, 6.07) is 13.4. The molecule has 162 valence electrons. The molecule has 2 N–H and O–H groups in total. The first kappa shape index (κ1) is 23.3. The van der Waals surface area contributed by atoms with Gasteiger partial charge in [0.05, 0.1) is 32.1 Å². The van der Waals surface area contributed by atoms with E-state index in [2.05, 4.69) is 10.6 Å². The van der Waals surface area contributed by atoms with Crippen LogP contribution < -0.4 is 20.1 Å². The maximum Gasteiger partial charge on any atom is 0.340 e. The lowest BCUT2D eigenvalue weighted by molar-refractivity contribution is -0.112. The fourth-order valence-corrected chi connectivity index (χ4v) is 2.58. The molecular formula is C23H25N3O5. The van der Waals surface area contributed by atoms with Gasteiger partial charge in [0, 0.05) is 18.0 Å². The number of benzene rings is 2. The van der Waals surface area contributed by atoms with Crippen molar-refractivity contribution in [2.24, 2.45) is 0 Å². The van der Waals surface area contributed by atoms with Crippen LogP contribution in [0.5, 0.6) is 11.5 Å². The molecule has 8 nitrogen and oxygen atoms in total. The molecule has 0 aliphatic heterocycles. The van der Waals surface area contributed by atoms with E-state index >= 15 is 0 Å². The van der Waals surface area contributed by atoms with Crippen LogP contribution in [0.2, 0.25) is 0 Å². The van der Waals surface area contributed by atoms with E-state index in [4.69, 9.17) is 14.2 Å². The van der Waals surface area contributed by atoms with Crippen LogP contribution in [0, 0.1) is 11.3 Å². The molecule has 0 unspecified atom stereocenters. The molecule has 0 fully saturated rings. The van der Waals surface area contributed by atoms with Crippen molar-refractivity contribution in [2.45, 2.75) is 19.8 Å². The lowest BCUT2D eigenvalue weighted by atomic mass is 10.1. The van der Waals surface area contributed by atoms with Crippen molar-refractivity contribution < 1.29 is 23.8 Å². The van der Waals surface area contributed by atoms with Crippen LogP contribution in [-0.2, 0) is 9.53 Å². The highest BCUT2D eigenvalue weighted by Gasteiger charge is 2.16. The van der Waals surface area contributed by atoms with E-state index in [1.165, 1.54) is 20.4 Å². The zero-order chi connectivity index (χ0) is 22.6. The third-order valence-corrected chi connectivity index (χ3v) is 4.26. The molecule has 0 heterocycles. The summed E-state index contributed by atoms with van der Waals surface area (Å²) in [5.74, 6) is -0.142. The highest BCUT2D eigenvalue weighted by atomic mass is 16.5. The van der Waals surface area contributed by atoms with Crippen molar-refractivity contribution in [1.82, 2.24) is 0 Å². The molecule has 0 bridgehead atoms. The number of nitrogens with one attached hydrogen (secondary N) is 2. The van der Waals surface area contributed by atoms with Crippen molar-refractivity contribution in [3.05, 3.63) is 59.8 Å². The number of anilines is 2. The van der Waals surface area contributed by atoms with Crippen molar-refractivity contribution in [3.8, 4) is 17.6 Å². The first-order valence-electron chi connectivity index (χ1n) is 9.70. The largest absolute Gasteiger partial charge is 0.493 e. The average Bonchev–Trinajstić information content (AvgIpc) is 2.79. The molecule has 8 heteroatoms. The zero-order valence-corrected chi connectivity index (χ0v) is 17.7. The fraction of sp³-hybridized carbons (Fsp3) is 0.261. The van der Waals surface area contributed by atoms with Crippen molar-refractivity contribution >= 4 is 23.3 Å². The number of hydrogen-bond acceptors (Lipinski definition) is 7. The smallest absolute Gasteiger partial charge is 0.340 e. The van der Waals surface area contributed by atoms with Crippen LogP contribution >= 0.6 is 0 Å². The number of esters is 1. The van der Waals surface area contributed by atoms with Gasteiger partial charge in [-0.05, 0) is 30.7 Å². The Hall–Kier alpha value is -3.99. The van der Waals surface area contributed by atoms with E-state index in [9.17, 15) is 14.9 Å². The van der Waals surface area contributed by atoms with Gasteiger partial charge < -0.3 is 24.8 Å². The van der Waals surface area contributed by atoms with Crippen molar-refractivity contribution in [1.29, 1.82) is 5.26 Å². The number of carbonyl (C=O) groups excluding carboxylic acids is 2. The summed E-state index contributed by atoms with van der Waals surface area (Å²) in [5.41, 5.74) is 0.903. The second kappa shape index (κ2) is 11.9. The Labute approximate surface area is 181 Å². The molecule has 0 aliphatic carbocycles. The van der Waals surface area contributed by atoms with Crippen LogP contribution in [-0.4, -0.2) is 32.7 Å². The Bertz CT molecular complexity index is 995. The summed E-state index contributed by atoms with van der Waals surface area (Å²) in [6.45, 7) is 2.30. The Morgan fingerprint density at radius 3 is 2.52 bits per heavy atom. The van der Waals surface area contributed by atoms with E-state index in [0.717, 1.165) is 12.8 Å². The highest BCUT2D eigenvalue weighted by molar-refractivity contribution is 6.09. The number of amides is 1. The standard InChI is InChI=1S/C23H25N3O5/c1-4-5-12-31-23(28)18-8-6-7-9-19(18)26-22(27)16(14-24)15-25-17-10-11-20(29-2)21(13-17)30-3/h6-11,13,15,25H,4-5,12H2,1-3H3,(H,26,27)/b16-15-. The van der Waals surface area contributed by atoms with Crippen LogP contribution in [0.15, 0.2) is 54.2 Å². The van der Waals surface area contributed by atoms with Gasteiger partial charge in [0.15, 0.2) is 11.5 Å². The molecule has 31 heavy (non-hydrogen) atoms. The Morgan fingerprint density at radius 2 is 1.84 bits per heavy atom. The van der Waals surface area contributed by atoms with Crippen molar-refractivity contribution in [2.75, 3.05) is 31.5 Å². The summed E-state index contributed by atoms with van der Waals surface area (Å²) < 4.78 is 15.6. The van der Waals surface area contributed by atoms with Gasteiger partial charge in [-0.25, -0.2) is 4.79 Å². The second-order valence-corrected chi connectivity index (χ2v) is 6.37. The minimum atomic E-state index is -0.663. The monoisotopic (exact) mass is 423 g/mol. The third-order valence-electron chi connectivity index (χ3n) is 4.26. The third kappa shape index (κ3) is 6.51. The Morgan fingerprint density at radius 1 is 1.10 bits per heavy atom. The molecule has 0 radical (unpaired) electrons. The quantitative estimate of drug-likeness (QED) is 0.256. The molecule has 2 aromatic rings. The van der Waals surface area contributed by atoms with Gasteiger partial charge in [0.2, 0.25) is 0 Å². The number of para-hydroxylation sites is 1. The number of unbranched alkanes of at least 4 members (excludes halogenated alkanes) is 1. The SMILES string of the molecule is CCCCOC(=O)c1ccccc1NC(=O)/C(C#N)=C\Nc1ccc(OC)c(OC)c1. The summed E-state index contributed by atoms with van der Waals surface area (Å²) >= 11 is 0. The normalized spacial score (nSPS) is 10.6. The average molecular weight is 423 g/mol. The lowest BCUT2D eigenvalue weighted by Gasteiger charge is -2.11. The van der Waals surface area contributed by atoms with Gasteiger partial charge in [-0.1, -0.05) is 25.5 Å². The van der Waals surface area contributed by atoms with Crippen LogP contribution in [0.4, 0.5) is 11.4 Å². The number of nitrogens with zero attached hydrogens (tertiary/aromatic N) is 1. The highest BCUT2D eigenvalue weighted by Crippen LogP contribution is 2.29. The first-order valence-corrected chi connectivity index (χ1v) is 9.70. The Kier molecular flexibility index (Phi) is 8.92. The topological polar surface area (TPSA) is 110 Å². The molecule has 0 aliphatic rings. The number of hydrogen-bond donors (Lipinski definition) is 2. The van der Waals surface area contributed by atoms with Gasteiger partial charge in [-0.2, -0.15) is 5.26 Å². The minimum absolute atomic E-state index is 0.177. The molecule has 1 amide bonds. The van der Waals surface area contributed by atoms with Crippen molar-refractivity contribution in [3.63, 3.8) is 0 Å². The fourth-order valence-electron chi connectivity index (χ4n) is 2.58. The lowest BCUT2D eigenvalue weighted by Crippen LogP contribution is -2.18. The molecular weight excluding hydrogens is 398 g/mol. The Balaban J connectivity index is 2.13.